The molecule has 0 unspecified atom stereocenters. The van der Waals surface area contributed by atoms with Gasteiger partial charge >= 0.3 is 5.69 Å². The molecule has 0 radical (unpaired) electrons. The van der Waals surface area contributed by atoms with Crippen LogP contribution in [0.1, 0.15) is 27.4 Å². The van der Waals surface area contributed by atoms with E-state index >= 15 is 0 Å². The minimum Gasteiger partial charge on any atom is -0.497 e. The van der Waals surface area contributed by atoms with Gasteiger partial charge in [-0.05, 0) is 43.7 Å². The first kappa shape index (κ1) is 24.4. The number of carbonyl (C=O) groups excluding carboxylic acids is 1. The van der Waals surface area contributed by atoms with Crippen molar-refractivity contribution >= 4 is 17.3 Å². The third kappa shape index (κ3) is 5.32. The smallest absolute Gasteiger partial charge is 0.311 e. The van der Waals surface area contributed by atoms with Crippen molar-refractivity contribution in [3.05, 3.63) is 93.3 Å². The van der Waals surface area contributed by atoms with Crippen LogP contribution in [-0.2, 0) is 13.3 Å². The molecule has 0 saturated heterocycles. The van der Waals surface area contributed by atoms with Gasteiger partial charge < -0.3 is 14.8 Å². The number of hydrogen-bond donors (Lipinski definition) is 1. The van der Waals surface area contributed by atoms with Gasteiger partial charge in [-0.1, -0.05) is 12.1 Å². The lowest BCUT2D eigenvalue weighted by molar-refractivity contribution is -0.386. The van der Waals surface area contributed by atoms with Crippen molar-refractivity contribution in [2.24, 2.45) is 0 Å². The Morgan fingerprint density at radius 1 is 1.17 bits per heavy atom. The summed E-state index contributed by atoms with van der Waals surface area (Å²) in [4.78, 5) is 23.3. The first-order valence-corrected chi connectivity index (χ1v) is 10.8. The molecule has 4 aromatic rings. The van der Waals surface area contributed by atoms with Crippen LogP contribution in [0.2, 0.25) is 0 Å². The Bertz CT molecular complexity index is 1430. The van der Waals surface area contributed by atoms with Crippen molar-refractivity contribution in [2.75, 3.05) is 12.4 Å². The van der Waals surface area contributed by atoms with Gasteiger partial charge in [0.25, 0.3) is 5.91 Å². The fourth-order valence-corrected chi connectivity index (χ4v) is 3.60. The van der Waals surface area contributed by atoms with E-state index in [0.717, 1.165) is 35.2 Å². The molecule has 36 heavy (non-hydrogen) atoms. The summed E-state index contributed by atoms with van der Waals surface area (Å²) in [7, 11) is 1.61. The first-order chi connectivity index (χ1) is 17.2. The highest BCUT2D eigenvalue weighted by Crippen LogP contribution is 2.28. The second-order valence-electron chi connectivity index (χ2n) is 7.89. The van der Waals surface area contributed by atoms with Crippen LogP contribution in [0.3, 0.4) is 0 Å². The van der Waals surface area contributed by atoms with Crippen molar-refractivity contribution in [3.63, 3.8) is 0 Å². The second-order valence-corrected chi connectivity index (χ2v) is 7.89. The summed E-state index contributed by atoms with van der Waals surface area (Å²) >= 11 is 0. The molecule has 0 aliphatic carbocycles. The van der Waals surface area contributed by atoms with Gasteiger partial charge in [-0.2, -0.15) is 10.2 Å². The zero-order valence-electron chi connectivity index (χ0n) is 19.8. The minimum absolute atomic E-state index is 0.103. The Kier molecular flexibility index (Phi) is 6.95. The Morgan fingerprint density at radius 2 is 1.97 bits per heavy atom. The van der Waals surface area contributed by atoms with Crippen LogP contribution in [0.5, 0.6) is 11.5 Å². The molecular weight excluding hydrogens is 471 g/mol. The van der Waals surface area contributed by atoms with E-state index in [1.54, 1.807) is 18.7 Å². The number of ether oxygens (including phenoxy) is 2. The number of benzene rings is 2. The number of hydrogen-bond acceptors (Lipinski definition) is 7. The van der Waals surface area contributed by atoms with Crippen LogP contribution in [0.15, 0.2) is 54.7 Å². The molecule has 0 aliphatic heterocycles. The van der Waals surface area contributed by atoms with Gasteiger partial charge in [-0.3, -0.25) is 19.6 Å². The van der Waals surface area contributed by atoms with Crippen LogP contribution >= 0.6 is 0 Å². The monoisotopic (exact) mass is 494 g/mol. The Balaban J connectivity index is 1.44. The molecule has 2 aromatic heterocycles. The SMILES string of the molecule is COc1cccc(Cn2nc(C)c(NC(=O)c3ccn(COc4cc(F)ccc4[N+](=O)[O-])n3)c2C)c1. The molecule has 186 valence electrons. The summed E-state index contributed by atoms with van der Waals surface area (Å²) in [6, 6.07) is 12.0. The fourth-order valence-electron chi connectivity index (χ4n) is 3.60. The lowest BCUT2D eigenvalue weighted by Gasteiger charge is -2.08. The average molecular weight is 494 g/mol. The summed E-state index contributed by atoms with van der Waals surface area (Å²) in [6.07, 6.45) is 1.48. The predicted octanol–water partition coefficient (Wildman–Crippen LogP) is 4.09. The predicted molar refractivity (Wildman–Crippen MR) is 128 cm³/mol. The third-order valence-electron chi connectivity index (χ3n) is 5.43. The molecule has 0 bridgehead atoms. The molecule has 0 aliphatic rings. The highest BCUT2D eigenvalue weighted by Gasteiger charge is 2.19. The Morgan fingerprint density at radius 3 is 2.72 bits per heavy atom. The maximum absolute atomic E-state index is 13.5. The fraction of sp³-hybridized carbons (Fsp3) is 0.208. The Labute approximate surface area is 205 Å². The first-order valence-electron chi connectivity index (χ1n) is 10.8. The van der Waals surface area contributed by atoms with Crippen LogP contribution in [0.25, 0.3) is 0 Å². The van der Waals surface area contributed by atoms with Gasteiger partial charge in [0.1, 0.15) is 11.6 Å². The van der Waals surface area contributed by atoms with Crippen molar-refractivity contribution < 1.29 is 23.6 Å². The maximum Gasteiger partial charge on any atom is 0.311 e. The van der Waals surface area contributed by atoms with Crippen LogP contribution in [-0.4, -0.2) is 37.5 Å². The number of nitrogens with zero attached hydrogens (tertiary/aromatic N) is 5. The van der Waals surface area contributed by atoms with Crippen LogP contribution < -0.4 is 14.8 Å². The van der Waals surface area contributed by atoms with E-state index in [1.807, 2.05) is 31.2 Å². The molecule has 11 nitrogen and oxygen atoms in total. The Hall–Kier alpha value is -4.74. The molecule has 0 atom stereocenters. The highest BCUT2D eigenvalue weighted by molar-refractivity contribution is 6.03. The molecule has 0 saturated carbocycles. The molecule has 0 fully saturated rings. The number of nitrogens with one attached hydrogen (secondary N) is 1. The number of nitro groups is 1. The molecule has 2 aromatic carbocycles. The number of nitro benzene ring substituents is 1. The van der Waals surface area contributed by atoms with Gasteiger partial charge in [0, 0.05) is 18.3 Å². The zero-order chi connectivity index (χ0) is 25.8. The van der Waals surface area contributed by atoms with Gasteiger partial charge in [0.2, 0.25) is 5.75 Å². The van der Waals surface area contributed by atoms with Crippen molar-refractivity contribution in [1.29, 1.82) is 0 Å². The van der Waals surface area contributed by atoms with Crippen molar-refractivity contribution in [1.82, 2.24) is 19.6 Å². The summed E-state index contributed by atoms with van der Waals surface area (Å²) in [6.45, 7) is 3.89. The average Bonchev–Trinajstić information content (AvgIpc) is 3.43. The number of aromatic nitrogens is 4. The summed E-state index contributed by atoms with van der Waals surface area (Å²) < 4.78 is 27.2. The molecule has 1 amide bonds. The largest absolute Gasteiger partial charge is 0.497 e. The van der Waals surface area contributed by atoms with E-state index in [4.69, 9.17) is 9.47 Å². The number of methoxy groups -OCH3 is 1. The number of rotatable bonds is 9. The number of aryl methyl sites for hydroxylation is 1. The summed E-state index contributed by atoms with van der Waals surface area (Å²) in [5.74, 6) is -0.628. The van der Waals surface area contributed by atoms with Crippen molar-refractivity contribution in [3.8, 4) is 11.5 Å². The van der Waals surface area contributed by atoms with E-state index in [0.29, 0.717) is 17.9 Å². The summed E-state index contributed by atoms with van der Waals surface area (Å²) in [5.41, 5.74) is 2.71. The quantitative estimate of drug-likeness (QED) is 0.274. The van der Waals surface area contributed by atoms with E-state index in [9.17, 15) is 19.3 Å². The lowest BCUT2D eigenvalue weighted by Crippen LogP contribution is -2.15. The van der Waals surface area contributed by atoms with E-state index in [1.165, 1.54) is 16.9 Å². The number of carbonyl (C=O) groups is 1. The number of amides is 1. The third-order valence-corrected chi connectivity index (χ3v) is 5.43. The van der Waals surface area contributed by atoms with E-state index < -0.39 is 16.6 Å². The minimum atomic E-state index is -0.672. The molecule has 12 heteroatoms. The standard InChI is InChI=1S/C24H23FN6O5/c1-15-23(16(2)30(27-15)13-17-5-4-6-19(11-17)35-3)26-24(32)20-9-10-29(28-20)14-36-22-12-18(25)7-8-21(22)31(33)34/h4-12H,13-14H2,1-3H3,(H,26,32). The van der Waals surface area contributed by atoms with Crippen LogP contribution in [0, 0.1) is 29.8 Å². The maximum atomic E-state index is 13.5. The zero-order valence-corrected chi connectivity index (χ0v) is 19.8. The molecule has 0 spiro atoms. The number of halogens is 1. The highest BCUT2D eigenvalue weighted by atomic mass is 19.1. The van der Waals surface area contributed by atoms with Gasteiger partial charge in [0.15, 0.2) is 12.4 Å². The van der Waals surface area contributed by atoms with Crippen molar-refractivity contribution in [2.45, 2.75) is 27.1 Å². The molecule has 4 rings (SSSR count). The van der Waals surface area contributed by atoms with Gasteiger partial charge in [0.05, 0.1) is 35.7 Å². The van der Waals surface area contributed by atoms with Gasteiger partial charge in [-0.25, -0.2) is 9.07 Å². The topological polar surface area (TPSA) is 126 Å². The molecule has 1 N–H and O–H groups in total. The normalized spacial score (nSPS) is 10.8. The van der Waals surface area contributed by atoms with Gasteiger partial charge in [-0.15, -0.1) is 0 Å². The van der Waals surface area contributed by atoms with E-state index in [-0.39, 0.29) is 23.9 Å². The van der Waals surface area contributed by atoms with Crippen LogP contribution in [0.4, 0.5) is 15.8 Å². The summed E-state index contributed by atoms with van der Waals surface area (Å²) in [5, 5.41) is 22.6. The second kappa shape index (κ2) is 10.3. The number of anilines is 1. The molecule has 2 heterocycles. The lowest BCUT2D eigenvalue weighted by atomic mass is 10.2. The molecular formula is C24H23FN6O5. The van der Waals surface area contributed by atoms with E-state index in [2.05, 4.69) is 15.5 Å².